The molecular formula is C15H17F3N2O3. The van der Waals surface area contributed by atoms with Crippen molar-refractivity contribution < 1.29 is 27.9 Å². The van der Waals surface area contributed by atoms with Crippen molar-refractivity contribution in [2.75, 3.05) is 18.4 Å². The quantitative estimate of drug-likeness (QED) is 0.773. The number of hydrogen-bond acceptors (Lipinski definition) is 3. The molecule has 0 radical (unpaired) electrons. The number of aryl methyl sites for hydroxylation is 1. The van der Waals surface area contributed by atoms with Crippen LogP contribution in [0.1, 0.15) is 24.0 Å². The number of benzene rings is 1. The lowest BCUT2D eigenvalue weighted by molar-refractivity contribution is -0.144. The van der Waals surface area contributed by atoms with Gasteiger partial charge in [-0.1, -0.05) is 6.07 Å². The number of hydrogen-bond donors (Lipinski definition) is 2. The predicted molar refractivity (Wildman–Crippen MR) is 76.6 cm³/mol. The van der Waals surface area contributed by atoms with Gasteiger partial charge in [-0.15, -0.1) is 0 Å². The maximum absolute atomic E-state index is 12.7. The molecule has 0 aromatic heterocycles. The topological polar surface area (TPSA) is 69.6 Å². The Kier molecular flexibility index (Phi) is 4.93. The Morgan fingerprint density at radius 1 is 1.26 bits per heavy atom. The van der Waals surface area contributed by atoms with E-state index in [0.29, 0.717) is 18.4 Å². The number of nitrogens with one attached hydrogen (secondary N) is 1. The second-order valence-corrected chi connectivity index (χ2v) is 5.50. The van der Waals surface area contributed by atoms with Crippen molar-refractivity contribution in [2.24, 2.45) is 0 Å². The minimum atomic E-state index is -4.53. The second-order valence-electron chi connectivity index (χ2n) is 5.50. The zero-order valence-electron chi connectivity index (χ0n) is 12.5. The highest BCUT2D eigenvalue weighted by molar-refractivity contribution is 6.39. The molecule has 0 spiro atoms. The fraction of sp³-hybridized carbons (Fsp3) is 0.467. The Hall–Kier alpha value is -2.09. The van der Waals surface area contributed by atoms with Gasteiger partial charge in [-0.2, -0.15) is 13.2 Å². The number of anilines is 1. The molecule has 1 saturated heterocycles. The number of likely N-dealkylation sites (tertiary alicyclic amines) is 1. The molecule has 2 amide bonds. The van der Waals surface area contributed by atoms with E-state index < -0.39 is 29.7 Å². The first-order chi connectivity index (χ1) is 10.7. The number of rotatable bonds is 1. The normalized spacial score (nSPS) is 16.3. The van der Waals surface area contributed by atoms with Gasteiger partial charge in [0.15, 0.2) is 0 Å². The van der Waals surface area contributed by atoms with Crippen LogP contribution in [0.4, 0.5) is 18.9 Å². The summed E-state index contributed by atoms with van der Waals surface area (Å²) in [6.45, 7) is 2.03. The molecule has 5 nitrogen and oxygen atoms in total. The Morgan fingerprint density at radius 3 is 2.43 bits per heavy atom. The van der Waals surface area contributed by atoms with E-state index in [1.807, 2.05) is 0 Å². The third-order valence-corrected chi connectivity index (χ3v) is 3.76. The first kappa shape index (κ1) is 17.3. The summed E-state index contributed by atoms with van der Waals surface area (Å²) in [7, 11) is 0. The molecule has 0 aliphatic carbocycles. The van der Waals surface area contributed by atoms with Crippen LogP contribution in [-0.2, 0) is 15.8 Å². The Labute approximate surface area is 131 Å². The Morgan fingerprint density at radius 2 is 1.87 bits per heavy atom. The molecule has 1 aliphatic rings. The van der Waals surface area contributed by atoms with Crippen molar-refractivity contribution >= 4 is 17.5 Å². The largest absolute Gasteiger partial charge is 0.416 e. The zero-order valence-corrected chi connectivity index (χ0v) is 12.5. The van der Waals surface area contributed by atoms with E-state index in [0.717, 1.165) is 12.1 Å². The van der Waals surface area contributed by atoms with Gasteiger partial charge in [-0.05, 0) is 37.5 Å². The smallest absolute Gasteiger partial charge is 0.393 e. The number of carbonyl (C=O) groups excluding carboxylic acids is 2. The lowest BCUT2D eigenvalue weighted by atomic mass is 10.1. The summed E-state index contributed by atoms with van der Waals surface area (Å²) in [5.74, 6) is -1.79. The summed E-state index contributed by atoms with van der Waals surface area (Å²) >= 11 is 0. The van der Waals surface area contributed by atoms with Crippen LogP contribution in [-0.4, -0.2) is 41.0 Å². The van der Waals surface area contributed by atoms with Crippen molar-refractivity contribution in [2.45, 2.75) is 32.0 Å². The molecule has 0 unspecified atom stereocenters. The van der Waals surface area contributed by atoms with Crippen LogP contribution in [0, 0.1) is 6.92 Å². The van der Waals surface area contributed by atoms with E-state index in [1.54, 1.807) is 0 Å². The average molecular weight is 330 g/mol. The minimum absolute atomic E-state index is 0.0461. The number of aliphatic hydroxyl groups is 1. The third-order valence-electron chi connectivity index (χ3n) is 3.76. The number of halogens is 3. The van der Waals surface area contributed by atoms with Crippen LogP contribution in [0.15, 0.2) is 18.2 Å². The summed E-state index contributed by atoms with van der Waals surface area (Å²) in [6.07, 6.45) is -4.27. The molecule has 0 bridgehead atoms. The average Bonchev–Trinajstić information content (AvgIpc) is 2.48. The molecule has 0 atom stereocenters. The molecule has 126 valence electrons. The van der Waals surface area contributed by atoms with Gasteiger partial charge in [0.25, 0.3) is 0 Å². The van der Waals surface area contributed by atoms with Gasteiger partial charge in [0, 0.05) is 18.8 Å². The van der Waals surface area contributed by atoms with E-state index in [4.69, 9.17) is 0 Å². The third kappa shape index (κ3) is 4.22. The monoisotopic (exact) mass is 330 g/mol. The molecule has 1 heterocycles. The molecular weight excluding hydrogens is 313 g/mol. The van der Waals surface area contributed by atoms with Gasteiger partial charge >= 0.3 is 18.0 Å². The van der Waals surface area contributed by atoms with Gasteiger partial charge in [-0.25, -0.2) is 0 Å². The molecule has 1 aliphatic heterocycles. The fourth-order valence-corrected chi connectivity index (χ4v) is 2.32. The number of nitrogens with zero attached hydrogens (tertiary/aromatic N) is 1. The molecule has 8 heteroatoms. The molecule has 1 fully saturated rings. The SMILES string of the molecule is Cc1ccc(C(F)(F)F)cc1NC(=O)C(=O)N1CCC(O)CC1. The highest BCUT2D eigenvalue weighted by atomic mass is 19.4. The van der Waals surface area contributed by atoms with E-state index in [2.05, 4.69) is 5.32 Å². The van der Waals surface area contributed by atoms with Crippen LogP contribution < -0.4 is 5.32 Å². The predicted octanol–water partition coefficient (Wildman–Crippen LogP) is 1.94. The minimum Gasteiger partial charge on any atom is -0.393 e. The summed E-state index contributed by atoms with van der Waals surface area (Å²) in [5.41, 5.74) is -0.518. The summed E-state index contributed by atoms with van der Waals surface area (Å²) in [6, 6.07) is 2.96. The first-order valence-corrected chi connectivity index (χ1v) is 7.14. The Bertz CT molecular complexity index is 608. The number of aliphatic hydroxyl groups excluding tert-OH is 1. The van der Waals surface area contributed by atoms with Gasteiger partial charge in [-0.3, -0.25) is 9.59 Å². The fourth-order valence-electron chi connectivity index (χ4n) is 2.32. The first-order valence-electron chi connectivity index (χ1n) is 7.14. The zero-order chi connectivity index (χ0) is 17.2. The Balaban J connectivity index is 2.09. The molecule has 1 aromatic rings. The van der Waals surface area contributed by atoms with Gasteiger partial charge in [0.2, 0.25) is 0 Å². The maximum Gasteiger partial charge on any atom is 0.416 e. The van der Waals surface area contributed by atoms with Gasteiger partial charge in [0.05, 0.1) is 11.7 Å². The number of alkyl halides is 3. The summed E-state index contributed by atoms with van der Waals surface area (Å²) < 4.78 is 38.1. The van der Waals surface area contributed by atoms with Crippen molar-refractivity contribution in [1.82, 2.24) is 4.90 Å². The second kappa shape index (κ2) is 6.57. The van der Waals surface area contributed by atoms with Crippen molar-refractivity contribution in [3.05, 3.63) is 29.3 Å². The van der Waals surface area contributed by atoms with Gasteiger partial charge in [0.1, 0.15) is 0 Å². The molecule has 2 rings (SSSR count). The maximum atomic E-state index is 12.7. The highest BCUT2D eigenvalue weighted by Crippen LogP contribution is 2.32. The van der Waals surface area contributed by atoms with E-state index in [9.17, 15) is 27.9 Å². The van der Waals surface area contributed by atoms with Crippen molar-refractivity contribution in [1.29, 1.82) is 0 Å². The van der Waals surface area contributed by atoms with Gasteiger partial charge < -0.3 is 15.3 Å². The molecule has 1 aromatic carbocycles. The van der Waals surface area contributed by atoms with Crippen LogP contribution >= 0.6 is 0 Å². The van der Waals surface area contributed by atoms with E-state index >= 15 is 0 Å². The van der Waals surface area contributed by atoms with Crippen LogP contribution in [0.3, 0.4) is 0 Å². The molecule has 2 N–H and O–H groups in total. The van der Waals surface area contributed by atoms with Crippen LogP contribution in [0.2, 0.25) is 0 Å². The summed E-state index contributed by atoms with van der Waals surface area (Å²) in [5, 5.41) is 11.6. The standard InChI is InChI=1S/C15H17F3N2O3/c1-9-2-3-10(15(16,17)18)8-12(9)19-13(22)14(23)20-6-4-11(21)5-7-20/h2-3,8,11,21H,4-7H2,1H3,(H,19,22). The summed E-state index contributed by atoms with van der Waals surface area (Å²) in [4.78, 5) is 25.3. The number of piperidine rings is 1. The number of carbonyl (C=O) groups is 2. The lowest BCUT2D eigenvalue weighted by Crippen LogP contribution is -2.45. The van der Waals surface area contributed by atoms with Crippen molar-refractivity contribution in [3.63, 3.8) is 0 Å². The van der Waals surface area contributed by atoms with E-state index in [1.165, 1.54) is 17.9 Å². The highest BCUT2D eigenvalue weighted by Gasteiger charge is 2.31. The number of amides is 2. The lowest BCUT2D eigenvalue weighted by Gasteiger charge is -2.29. The molecule has 0 saturated carbocycles. The van der Waals surface area contributed by atoms with E-state index in [-0.39, 0.29) is 18.8 Å². The van der Waals surface area contributed by atoms with Crippen LogP contribution in [0.25, 0.3) is 0 Å². The van der Waals surface area contributed by atoms with Crippen molar-refractivity contribution in [3.8, 4) is 0 Å². The molecule has 23 heavy (non-hydrogen) atoms. The van der Waals surface area contributed by atoms with Crippen LogP contribution in [0.5, 0.6) is 0 Å².